The lowest BCUT2D eigenvalue weighted by Gasteiger charge is -2.26. The number of carbonyl (C=O) groups is 1. The molecule has 0 saturated heterocycles. The summed E-state index contributed by atoms with van der Waals surface area (Å²) in [5, 5.41) is 7.82. The van der Waals surface area contributed by atoms with Gasteiger partial charge in [-0.2, -0.15) is 5.10 Å². The Morgan fingerprint density at radius 2 is 2.36 bits per heavy atom. The first-order valence-electron chi connectivity index (χ1n) is 9.25. The number of nitrogens with zero attached hydrogens (tertiary/aromatic N) is 2. The Morgan fingerprint density at radius 3 is 3.18 bits per heavy atom. The van der Waals surface area contributed by atoms with Crippen molar-refractivity contribution in [1.82, 2.24) is 15.1 Å². The maximum absolute atomic E-state index is 13.9. The highest BCUT2D eigenvalue weighted by Crippen LogP contribution is 2.28. The van der Waals surface area contributed by atoms with Crippen LogP contribution in [0.1, 0.15) is 29.4 Å². The van der Waals surface area contributed by atoms with E-state index in [0.29, 0.717) is 36.9 Å². The predicted octanol–water partition coefficient (Wildman–Crippen LogP) is 2.75. The molecule has 0 fully saturated rings. The van der Waals surface area contributed by atoms with Crippen molar-refractivity contribution in [3.05, 3.63) is 40.5 Å². The number of ether oxygens (including phenoxy) is 3. The maximum atomic E-state index is 13.9. The molecule has 2 aromatic rings. The summed E-state index contributed by atoms with van der Waals surface area (Å²) in [5.74, 6) is 0.811. The zero-order valence-corrected chi connectivity index (χ0v) is 16.1. The lowest BCUT2D eigenvalue weighted by Crippen LogP contribution is -2.42. The van der Waals surface area contributed by atoms with Crippen molar-refractivity contribution in [1.29, 1.82) is 0 Å². The lowest BCUT2D eigenvalue weighted by molar-refractivity contribution is -0.110. The molecule has 2 unspecified atom stereocenters. The standard InChI is InChI=1S/C19H21ClFN3O4/c1-2-26-18(21)16-5-6-24-17(28-16)9-14(23-24)19(25)22-13-8-11-7-12(20)3-4-15(11)27-10-13/h3-4,7,9,13,16,18H,2,5-6,8,10H2,1H3,(H,22,25)/t13-,16?,18?/m1/s1. The smallest absolute Gasteiger partial charge is 0.272 e. The molecular formula is C19H21ClFN3O4. The number of amides is 1. The molecule has 3 atom stereocenters. The molecule has 1 N–H and O–H groups in total. The van der Waals surface area contributed by atoms with Crippen LogP contribution in [0.5, 0.6) is 11.6 Å². The Morgan fingerprint density at radius 1 is 1.50 bits per heavy atom. The van der Waals surface area contributed by atoms with Crippen LogP contribution < -0.4 is 14.8 Å². The van der Waals surface area contributed by atoms with Gasteiger partial charge in [-0.15, -0.1) is 0 Å². The Kier molecular flexibility index (Phi) is 5.41. The van der Waals surface area contributed by atoms with Gasteiger partial charge in [0.15, 0.2) is 11.8 Å². The molecule has 3 heterocycles. The van der Waals surface area contributed by atoms with Crippen molar-refractivity contribution in [2.45, 2.75) is 44.8 Å². The third kappa shape index (κ3) is 3.93. The number of fused-ring (bicyclic) bond motifs is 2. The minimum atomic E-state index is -1.50. The second-order valence-corrected chi connectivity index (χ2v) is 7.22. The maximum Gasteiger partial charge on any atom is 0.272 e. The van der Waals surface area contributed by atoms with Gasteiger partial charge in [-0.1, -0.05) is 11.6 Å². The number of rotatable bonds is 5. The second kappa shape index (κ2) is 7.97. The minimum Gasteiger partial charge on any atom is -0.491 e. The third-order valence-corrected chi connectivity index (χ3v) is 4.99. The number of aryl methyl sites for hydroxylation is 1. The van der Waals surface area contributed by atoms with Crippen molar-refractivity contribution < 1.29 is 23.4 Å². The summed E-state index contributed by atoms with van der Waals surface area (Å²) in [4.78, 5) is 12.6. The first-order valence-corrected chi connectivity index (χ1v) is 9.63. The van der Waals surface area contributed by atoms with Crippen LogP contribution >= 0.6 is 11.6 Å². The van der Waals surface area contributed by atoms with E-state index in [0.717, 1.165) is 11.3 Å². The lowest BCUT2D eigenvalue weighted by atomic mass is 10.0. The number of benzene rings is 1. The number of halogens is 2. The van der Waals surface area contributed by atoms with E-state index in [1.54, 1.807) is 17.7 Å². The average Bonchev–Trinajstić information content (AvgIpc) is 3.11. The van der Waals surface area contributed by atoms with Crippen molar-refractivity contribution >= 4 is 17.5 Å². The monoisotopic (exact) mass is 409 g/mol. The van der Waals surface area contributed by atoms with Gasteiger partial charge >= 0.3 is 0 Å². The number of hydrogen-bond acceptors (Lipinski definition) is 5. The molecule has 0 aliphatic carbocycles. The van der Waals surface area contributed by atoms with Gasteiger partial charge in [0.25, 0.3) is 5.91 Å². The molecule has 28 heavy (non-hydrogen) atoms. The van der Waals surface area contributed by atoms with Crippen molar-refractivity contribution in [3.8, 4) is 11.6 Å². The average molecular weight is 410 g/mol. The Hall–Kier alpha value is -2.32. The van der Waals surface area contributed by atoms with Crippen LogP contribution in [0.2, 0.25) is 5.02 Å². The van der Waals surface area contributed by atoms with Crippen LogP contribution in [0.4, 0.5) is 4.39 Å². The summed E-state index contributed by atoms with van der Waals surface area (Å²) < 4.78 is 31.8. The fourth-order valence-corrected chi connectivity index (χ4v) is 3.59. The van der Waals surface area contributed by atoms with Crippen molar-refractivity contribution in [2.24, 2.45) is 0 Å². The fraction of sp³-hybridized carbons (Fsp3) is 0.474. The number of carbonyl (C=O) groups excluding carboxylic acids is 1. The van der Waals surface area contributed by atoms with E-state index in [1.165, 1.54) is 6.07 Å². The molecule has 2 aliphatic heterocycles. The summed E-state index contributed by atoms with van der Waals surface area (Å²) >= 11 is 6.03. The van der Waals surface area contributed by atoms with E-state index in [4.69, 9.17) is 25.8 Å². The number of hydrogen-bond donors (Lipinski definition) is 1. The highest BCUT2D eigenvalue weighted by atomic mass is 35.5. The first kappa shape index (κ1) is 19.0. The predicted molar refractivity (Wildman–Crippen MR) is 99.7 cm³/mol. The van der Waals surface area contributed by atoms with Gasteiger partial charge in [0.05, 0.1) is 6.04 Å². The highest BCUT2D eigenvalue weighted by Gasteiger charge is 2.31. The molecule has 0 bridgehead atoms. The molecule has 0 radical (unpaired) electrons. The zero-order valence-electron chi connectivity index (χ0n) is 15.4. The Labute approximate surface area is 166 Å². The highest BCUT2D eigenvalue weighted by molar-refractivity contribution is 6.30. The molecule has 150 valence electrons. The topological polar surface area (TPSA) is 74.6 Å². The molecule has 0 spiro atoms. The second-order valence-electron chi connectivity index (χ2n) is 6.78. The number of nitrogens with one attached hydrogen (secondary N) is 1. The van der Waals surface area contributed by atoms with Gasteiger partial charge in [0.2, 0.25) is 12.2 Å². The SMILES string of the molecule is CCOC(F)C1CCn2nc(C(=O)N[C@H]3COc4ccc(Cl)cc4C3)cc2O1. The molecule has 0 saturated carbocycles. The molecule has 7 nitrogen and oxygen atoms in total. The fourth-order valence-electron chi connectivity index (χ4n) is 3.40. The summed E-state index contributed by atoms with van der Waals surface area (Å²) in [7, 11) is 0. The summed E-state index contributed by atoms with van der Waals surface area (Å²) in [6.07, 6.45) is -1.17. The van der Waals surface area contributed by atoms with E-state index in [1.807, 2.05) is 12.1 Å². The molecule has 9 heteroatoms. The molecule has 1 amide bonds. The van der Waals surface area contributed by atoms with Gasteiger partial charge in [0, 0.05) is 30.7 Å². The number of alkyl halides is 1. The normalized spacial score (nSPS) is 21.7. The largest absolute Gasteiger partial charge is 0.491 e. The quantitative estimate of drug-likeness (QED) is 0.821. The minimum absolute atomic E-state index is 0.195. The van der Waals surface area contributed by atoms with Crippen LogP contribution in [-0.4, -0.2) is 47.4 Å². The van der Waals surface area contributed by atoms with Crippen LogP contribution in [-0.2, 0) is 17.7 Å². The van der Waals surface area contributed by atoms with Crippen molar-refractivity contribution in [2.75, 3.05) is 13.2 Å². The van der Waals surface area contributed by atoms with Gasteiger partial charge < -0.3 is 19.5 Å². The van der Waals surface area contributed by atoms with E-state index in [-0.39, 0.29) is 24.2 Å². The molecule has 1 aromatic heterocycles. The van der Waals surface area contributed by atoms with Gasteiger partial charge in [0.1, 0.15) is 12.4 Å². The van der Waals surface area contributed by atoms with E-state index < -0.39 is 12.5 Å². The van der Waals surface area contributed by atoms with E-state index >= 15 is 0 Å². The van der Waals surface area contributed by atoms with Gasteiger partial charge in [-0.25, -0.2) is 9.07 Å². The van der Waals surface area contributed by atoms with Crippen LogP contribution in [0.25, 0.3) is 0 Å². The van der Waals surface area contributed by atoms with Crippen molar-refractivity contribution in [3.63, 3.8) is 0 Å². The third-order valence-electron chi connectivity index (χ3n) is 4.76. The van der Waals surface area contributed by atoms with E-state index in [9.17, 15) is 9.18 Å². The summed E-state index contributed by atoms with van der Waals surface area (Å²) in [6.45, 7) is 2.82. The molecule has 2 aliphatic rings. The Bertz CT molecular complexity index is 875. The molecule has 4 rings (SSSR count). The van der Waals surface area contributed by atoms with Gasteiger partial charge in [-0.3, -0.25) is 4.79 Å². The summed E-state index contributed by atoms with van der Waals surface area (Å²) in [6, 6.07) is 6.76. The van der Waals surface area contributed by atoms with Crippen LogP contribution in [0.15, 0.2) is 24.3 Å². The molecular weight excluding hydrogens is 389 g/mol. The summed E-state index contributed by atoms with van der Waals surface area (Å²) in [5.41, 5.74) is 1.17. The van der Waals surface area contributed by atoms with Crippen LogP contribution in [0, 0.1) is 0 Å². The first-order chi connectivity index (χ1) is 13.5. The number of aromatic nitrogens is 2. The van der Waals surface area contributed by atoms with E-state index in [2.05, 4.69) is 10.4 Å². The molecule has 1 aromatic carbocycles. The Balaban J connectivity index is 1.40. The zero-order chi connectivity index (χ0) is 19.7. The van der Waals surface area contributed by atoms with Crippen LogP contribution in [0.3, 0.4) is 0 Å². The van der Waals surface area contributed by atoms with Gasteiger partial charge in [-0.05, 0) is 37.1 Å².